The van der Waals surface area contributed by atoms with Crippen LogP contribution in [-0.4, -0.2) is 14.7 Å². The summed E-state index contributed by atoms with van der Waals surface area (Å²) in [4.78, 5) is 1.33. The van der Waals surface area contributed by atoms with E-state index < -0.39 is 9.84 Å². The largest absolute Gasteiger partial charge is 0.320 e. The summed E-state index contributed by atoms with van der Waals surface area (Å²) in [5, 5.41) is 1.95. The van der Waals surface area contributed by atoms with E-state index in [-0.39, 0.29) is 6.04 Å². The second-order valence-corrected chi connectivity index (χ2v) is 6.83. The van der Waals surface area contributed by atoms with Crippen LogP contribution in [0.5, 0.6) is 0 Å². The summed E-state index contributed by atoms with van der Waals surface area (Å²) in [6.07, 6.45) is 1.20. The molecule has 0 aliphatic heterocycles. The zero-order valence-corrected chi connectivity index (χ0v) is 11.0. The van der Waals surface area contributed by atoms with Gasteiger partial charge in [-0.3, -0.25) is 0 Å². The third-order valence-corrected chi connectivity index (χ3v) is 4.56. The molecule has 2 rings (SSSR count). The lowest BCUT2D eigenvalue weighted by molar-refractivity contribution is 0.601. The summed E-state index contributed by atoms with van der Waals surface area (Å²) in [6, 6.07) is 10.4. The van der Waals surface area contributed by atoms with Gasteiger partial charge in [0.15, 0.2) is 9.84 Å². The molecule has 2 aromatic rings. The minimum Gasteiger partial charge on any atom is -0.320 e. The number of hydrogen-bond acceptors (Lipinski definition) is 4. The highest BCUT2D eigenvalue weighted by atomic mass is 32.2. The van der Waals surface area contributed by atoms with Crippen molar-refractivity contribution in [1.29, 1.82) is 0 Å². The zero-order chi connectivity index (χ0) is 12.5. The van der Waals surface area contributed by atoms with Crippen molar-refractivity contribution in [2.24, 2.45) is 5.73 Å². The molecule has 5 heteroatoms. The van der Waals surface area contributed by atoms with Gasteiger partial charge in [-0.25, -0.2) is 8.42 Å². The lowest BCUT2D eigenvalue weighted by atomic mass is 10.1. The third-order valence-electron chi connectivity index (χ3n) is 2.50. The highest BCUT2D eigenvalue weighted by Gasteiger charge is 2.13. The van der Waals surface area contributed by atoms with Crippen LogP contribution in [0.4, 0.5) is 0 Å². The van der Waals surface area contributed by atoms with Crippen molar-refractivity contribution in [3.63, 3.8) is 0 Å². The fraction of sp³-hybridized carbons (Fsp3) is 0.167. The van der Waals surface area contributed by atoms with E-state index in [0.29, 0.717) is 4.90 Å². The molecule has 1 aromatic heterocycles. The van der Waals surface area contributed by atoms with Crippen molar-refractivity contribution in [1.82, 2.24) is 0 Å². The third kappa shape index (κ3) is 2.74. The molecule has 0 aliphatic carbocycles. The number of rotatable bonds is 3. The van der Waals surface area contributed by atoms with Crippen LogP contribution >= 0.6 is 11.3 Å². The van der Waals surface area contributed by atoms with Crippen LogP contribution in [0.15, 0.2) is 46.7 Å². The minimum atomic E-state index is -3.18. The van der Waals surface area contributed by atoms with Gasteiger partial charge in [-0.1, -0.05) is 18.2 Å². The molecule has 17 heavy (non-hydrogen) atoms. The van der Waals surface area contributed by atoms with E-state index in [0.717, 1.165) is 10.4 Å². The Bertz CT molecular complexity index is 603. The number of nitrogens with two attached hydrogens (primary N) is 1. The number of benzene rings is 1. The number of thiophene rings is 1. The van der Waals surface area contributed by atoms with Crippen molar-refractivity contribution < 1.29 is 8.42 Å². The predicted octanol–water partition coefficient (Wildman–Crippen LogP) is 2.20. The predicted molar refractivity (Wildman–Crippen MR) is 69.9 cm³/mol. The average molecular weight is 267 g/mol. The van der Waals surface area contributed by atoms with Crippen LogP contribution in [0.1, 0.15) is 16.5 Å². The van der Waals surface area contributed by atoms with E-state index in [1.807, 2.05) is 23.6 Å². The summed E-state index contributed by atoms with van der Waals surface area (Å²) >= 11 is 1.56. The van der Waals surface area contributed by atoms with Crippen LogP contribution in [0, 0.1) is 0 Å². The van der Waals surface area contributed by atoms with Crippen molar-refractivity contribution in [3.8, 4) is 0 Å². The van der Waals surface area contributed by atoms with Gasteiger partial charge < -0.3 is 5.73 Å². The highest BCUT2D eigenvalue weighted by molar-refractivity contribution is 7.90. The monoisotopic (exact) mass is 267 g/mol. The van der Waals surface area contributed by atoms with Gasteiger partial charge in [0.25, 0.3) is 0 Å². The molecule has 0 amide bonds. The molecule has 0 aliphatic rings. The first-order chi connectivity index (χ1) is 7.98. The second-order valence-electron chi connectivity index (χ2n) is 3.84. The first kappa shape index (κ1) is 12.3. The van der Waals surface area contributed by atoms with E-state index in [4.69, 9.17) is 5.73 Å². The van der Waals surface area contributed by atoms with E-state index >= 15 is 0 Å². The van der Waals surface area contributed by atoms with Gasteiger partial charge in [-0.2, -0.15) is 0 Å². The maximum atomic E-state index is 11.5. The Morgan fingerprint density at radius 2 is 2.00 bits per heavy atom. The molecule has 1 unspecified atom stereocenters. The SMILES string of the molecule is CS(=O)(=O)c1cccc(C(N)c2cccs2)c1. The van der Waals surface area contributed by atoms with Crippen molar-refractivity contribution in [2.45, 2.75) is 10.9 Å². The van der Waals surface area contributed by atoms with Crippen molar-refractivity contribution in [3.05, 3.63) is 52.2 Å². The van der Waals surface area contributed by atoms with Crippen molar-refractivity contribution in [2.75, 3.05) is 6.26 Å². The fourth-order valence-corrected chi connectivity index (χ4v) is 3.00. The lowest BCUT2D eigenvalue weighted by Crippen LogP contribution is -2.11. The molecular weight excluding hydrogens is 254 g/mol. The summed E-state index contributed by atoms with van der Waals surface area (Å²) in [6.45, 7) is 0. The Morgan fingerprint density at radius 3 is 2.59 bits per heavy atom. The van der Waals surface area contributed by atoms with Crippen LogP contribution in [0.25, 0.3) is 0 Å². The normalized spacial score (nSPS) is 13.5. The molecule has 0 radical (unpaired) electrons. The first-order valence-corrected chi connectivity index (χ1v) is 7.84. The van der Waals surface area contributed by atoms with Crippen LogP contribution in [0.3, 0.4) is 0 Å². The maximum absolute atomic E-state index is 11.5. The van der Waals surface area contributed by atoms with Gasteiger partial charge in [0, 0.05) is 11.1 Å². The van der Waals surface area contributed by atoms with Gasteiger partial charge in [0.05, 0.1) is 10.9 Å². The lowest BCUT2D eigenvalue weighted by Gasteiger charge is -2.11. The Morgan fingerprint density at radius 1 is 1.24 bits per heavy atom. The van der Waals surface area contributed by atoms with Crippen LogP contribution in [0.2, 0.25) is 0 Å². The van der Waals surface area contributed by atoms with Gasteiger partial charge in [0.2, 0.25) is 0 Å². The topological polar surface area (TPSA) is 60.2 Å². The molecule has 2 N–H and O–H groups in total. The second kappa shape index (κ2) is 4.60. The molecule has 1 heterocycles. The fourth-order valence-electron chi connectivity index (χ4n) is 1.57. The minimum absolute atomic E-state index is 0.267. The number of hydrogen-bond donors (Lipinski definition) is 1. The first-order valence-electron chi connectivity index (χ1n) is 5.07. The average Bonchev–Trinajstić information content (AvgIpc) is 2.80. The van der Waals surface area contributed by atoms with E-state index in [2.05, 4.69) is 0 Å². The molecule has 3 nitrogen and oxygen atoms in total. The summed E-state index contributed by atoms with van der Waals surface area (Å²) in [5.74, 6) is 0. The van der Waals surface area contributed by atoms with Gasteiger partial charge >= 0.3 is 0 Å². The molecule has 90 valence electrons. The Hall–Kier alpha value is -1.17. The molecule has 0 fully saturated rings. The molecule has 0 bridgehead atoms. The van der Waals surface area contributed by atoms with E-state index in [1.165, 1.54) is 6.26 Å². The quantitative estimate of drug-likeness (QED) is 0.927. The Kier molecular flexibility index (Phi) is 3.33. The Labute approximate surface area is 105 Å². The number of sulfone groups is 1. The molecular formula is C12H13NO2S2. The van der Waals surface area contributed by atoms with Gasteiger partial charge in [-0.05, 0) is 29.1 Å². The molecule has 0 saturated carbocycles. The summed E-state index contributed by atoms with van der Waals surface area (Å²) in [7, 11) is -3.18. The van der Waals surface area contributed by atoms with Gasteiger partial charge in [0.1, 0.15) is 0 Å². The highest BCUT2D eigenvalue weighted by Crippen LogP contribution is 2.25. The van der Waals surface area contributed by atoms with Crippen LogP contribution in [-0.2, 0) is 9.84 Å². The summed E-state index contributed by atoms with van der Waals surface area (Å²) < 4.78 is 22.9. The summed E-state index contributed by atoms with van der Waals surface area (Å²) in [5.41, 5.74) is 6.90. The molecule has 0 saturated heterocycles. The van der Waals surface area contributed by atoms with Gasteiger partial charge in [-0.15, -0.1) is 11.3 Å². The zero-order valence-electron chi connectivity index (χ0n) is 9.33. The maximum Gasteiger partial charge on any atom is 0.175 e. The Balaban J connectivity index is 2.41. The molecule has 1 aromatic carbocycles. The standard InChI is InChI=1S/C12H13NO2S2/c1-17(14,15)10-5-2-4-9(8-10)12(13)11-6-3-7-16-11/h2-8,12H,13H2,1H3. The van der Waals surface area contributed by atoms with Crippen LogP contribution < -0.4 is 5.73 Å². The smallest absolute Gasteiger partial charge is 0.175 e. The van der Waals surface area contributed by atoms with Crippen molar-refractivity contribution >= 4 is 21.2 Å². The van der Waals surface area contributed by atoms with E-state index in [1.54, 1.807) is 29.5 Å². The van der Waals surface area contributed by atoms with E-state index in [9.17, 15) is 8.42 Å². The molecule has 1 atom stereocenters. The molecule has 0 spiro atoms.